The summed E-state index contributed by atoms with van der Waals surface area (Å²) in [6, 6.07) is 9.11. The van der Waals surface area contributed by atoms with Crippen LogP contribution in [0.15, 0.2) is 41.4 Å². The highest BCUT2D eigenvalue weighted by Gasteiger charge is 2.11. The quantitative estimate of drug-likeness (QED) is 0.759. The average molecular weight is 307 g/mol. The second kappa shape index (κ2) is 8.20. The number of hydrogen-bond acceptors (Lipinski definition) is 3. The smallest absolute Gasteiger partial charge is 0.123 e. The summed E-state index contributed by atoms with van der Waals surface area (Å²) in [7, 11) is 1.94. The highest BCUT2D eigenvalue weighted by atomic mass is 32.2. The van der Waals surface area contributed by atoms with Gasteiger partial charge in [-0.1, -0.05) is 6.92 Å². The third kappa shape index (κ3) is 5.52. The van der Waals surface area contributed by atoms with Crippen LogP contribution < -0.4 is 5.32 Å². The molecule has 0 spiro atoms. The van der Waals surface area contributed by atoms with E-state index in [2.05, 4.69) is 23.4 Å². The standard InChI is InChI=1S/C16H22FN3S/c1-3-9-18-15(11-14-8-10-20(2)19-14)12-21-16-6-4-13(17)5-7-16/h4-8,10,15,18H,3,9,11-12H2,1-2H3. The van der Waals surface area contributed by atoms with Crippen LogP contribution in [-0.4, -0.2) is 28.1 Å². The molecule has 0 saturated heterocycles. The molecular weight excluding hydrogens is 285 g/mol. The van der Waals surface area contributed by atoms with Crippen LogP contribution in [0.25, 0.3) is 0 Å². The maximum atomic E-state index is 12.9. The van der Waals surface area contributed by atoms with Crippen LogP contribution in [0.5, 0.6) is 0 Å². The predicted molar refractivity (Wildman–Crippen MR) is 86.1 cm³/mol. The van der Waals surface area contributed by atoms with Crippen LogP contribution in [-0.2, 0) is 13.5 Å². The number of nitrogens with zero attached hydrogens (tertiary/aromatic N) is 2. The van der Waals surface area contributed by atoms with Crippen molar-refractivity contribution >= 4 is 11.8 Å². The summed E-state index contributed by atoms with van der Waals surface area (Å²) in [6.45, 7) is 3.17. The van der Waals surface area contributed by atoms with Crippen LogP contribution in [0.2, 0.25) is 0 Å². The minimum Gasteiger partial charge on any atom is -0.313 e. The minimum absolute atomic E-state index is 0.187. The highest BCUT2D eigenvalue weighted by Crippen LogP contribution is 2.20. The molecule has 2 rings (SSSR count). The Morgan fingerprint density at radius 3 is 2.67 bits per heavy atom. The summed E-state index contributed by atoms with van der Waals surface area (Å²) < 4.78 is 14.7. The van der Waals surface area contributed by atoms with Gasteiger partial charge in [0.15, 0.2) is 0 Å². The maximum absolute atomic E-state index is 12.9. The maximum Gasteiger partial charge on any atom is 0.123 e. The first-order valence-electron chi connectivity index (χ1n) is 7.27. The van der Waals surface area contributed by atoms with Gasteiger partial charge in [-0.2, -0.15) is 5.10 Å². The van der Waals surface area contributed by atoms with Crippen LogP contribution in [0, 0.1) is 5.82 Å². The molecule has 0 aliphatic carbocycles. The van der Waals surface area contributed by atoms with Crippen LogP contribution in [0.3, 0.4) is 0 Å². The van der Waals surface area contributed by atoms with E-state index in [4.69, 9.17) is 0 Å². The van der Waals surface area contributed by atoms with Crippen molar-refractivity contribution in [2.24, 2.45) is 7.05 Å². The first-order chi connectivity index (χ1) is 10.2. The Morgan fingerprint density at radius 1 is 1.29 bits per heavy atom. The van der Waals surface area contributed by atoms with Crippen molar-refractivity contribution < 1.29 is 4.39 Å². The second-order valence-electron chi connectivity index (χ2n) is 5.10. The number of thioether (sulfide) groups is 1. The molecule has 0 saturated carbocycles. The molecule has 1 unspecified atom stereocenters. The second-order valence-corrected chi connectivity index (χ2v) is 6.19. The number of halogens is 1. The molecular formula is C16H22FN3S. The lowest BCUT2D eigenvalue weighted by Gasteiger charge is -2.17. The predicted octanol–water partition coefficient (Wildman–Crippen LogP) is 3.26. The summed E-state index contributed by atoms with van der Waals surface area (Å²) >= 11 is 1.75. The Labute approximate surface area is 129 Å². The molecule has 1 atom stereocenters. The van der Waals surface area contributed by atoms with Gasteiger partial charge in [0.05, 0.1) is 5.69 Å². The van der Waals surface area contributed by atoms with E-state index in [0.29, 0.717) is 6.04 Å². The van der Waals surface area contributed by atoms with Gasteiger partial charge in [-0.25, -0.2) is 4.39 Å². The Kier molecular flexibility index (Phi) is 6.26. The van der Waals surface area contributed by atoms with Crippen molar-refractivity contribution in [1.82, 2.24) is 15.1 Å². The van der Waals surface area contributed by atoms with E-state index in [9.17, 15) is 4.39 Å². The van der Waals surface area contributed by atoms with Gasteiger partial charge in [-0.3, -0.25) is 4.68 Å². The van der Waals surface area contributed by atoms with Gasteiger partial charge >= 0.3 is 0 Å². The highest BCUT2D eigenvalue weighted by molar-refractivity contribution is 7.99. The Morgan fingerprint density at radius 2 is 2.05 bits per heavy atom. The van der Waals surface area contributed by atoms with Crippen LogP contribution >= 0.6 is 11.8 Å². The van der Waals surface area contributed by atoms with Gasteiger partial charge in [-0.15, -0.1) is 11.8 Å². The molecule has 0 fully saturated rings. The molecule has 1 heterocycles. The summed E-state index contributed by atoms with van der Waals surface area (Å²) in [6.07, 6.45) is 3.99. The van der Waals surface area contributed by atoms with Gasteiger partial charge in [0.1, 0.15) is 5.82 Å². The zero-order chi connectivity index (χ0) is 15.1. The van der Waals surface area contributed by atoms with Crippen LogP contribution in [0.4, 0.5) is 4.39 Å². The topological polar surface area (TPSA) is 29.9 Å². The van der Waals surface area contributed by atoms with Crippen LogP contribution in [0.1, 0.15) is 19.0 Å². The SMILES string of the molecule is CCCNC(CSc1ccc(F)cc1)Cc1ccn(C)n1. The van der Waals surface area contributed by atoms with Gasteiger partial charge in [0.25, 0.3) is 0 Å². The molecule has 114 valence electrons. The van der Waals surface area contributed by atoms with Crippen molar-refractivity contribution in [2.45, 2.75) is 30.7 Å². The van der Waals surface area contributed by atoms with Crippen molar-refractivity contribution in [2.75, 3.05) is 12.3 Å². The van der Waals surface area contributed by atoms with Gasteiger partial charge in [-0.05, 0) is 43.3 Å². The van der Waals surface area contributed by atoms with Gasteiger partial charge in [0, 0.05) is 36.4 Å². The first kappa shape index (κ1) is 16.0. The Balaban J connectivity index is 1.90. The Bertz CT molecular complexity index is 539. The largest absolute Gasteiger partial charge is 0.313 e. The molecule has 0 radical (unpaired) electrons. The van der Waals surface area contributed by atoms with E-state index in [0.717, 1.165) is 35.7 Å². The number of nitrogens with one attached hydrogen (secondary N) is 1. The Hall–Kier alpha value is -1.33. The lowest BCUT2D eigenvalue weighted by atomic mass is 10.2. The van der Waals surface area contributed by atoms with E-state index in [1.54, 1.807) is 11.8 Å². The monoisotopic (exact) mass is 307 g/mol. The number of hydrogen-bond donors (Lipinski definition) is 1. The van der Waals surface area contributed by atoms with Crippen molar-refractivity contribution in [1.29, 1.82) is 0 Å². The first-order valence-corrected chi connectivity index (χ1v) is 8.26. The fourth-order valence-corrected chi connectivity index (χ4v) is 3.05. The van der Waals surface area contributed by atoms with Crippen molar-refractivity contribution in [3.63, 3.8) is 0 Å². The number of aromatic nitrogens is 2. The van der Waals surface area contributed by atoms with Crippen molar-refractivity contribution in [3.8, 4) is 0 Å². The zero-order valence-electron chi connectivity index (χ0n) is 12.6. The van der Waals surface area contributed by atoms with Gasteiger partial charge in [0.2, 0.25) is 0 Å². The lowest BCUT2D eigenvalue weighted by Crippen LogP contribution is -2.34. The third-order valence-electron chi connectivity index (χ3n) is 3.17. The number of rotatable bonds is 8. The summed E-state index contributed by atoms with van der Waals surface area (Å²) in [4.78, 5) is 1.10. The summed E-state index contributed by atoms with van der Waals surface area (Å²) in [5.74, 6) is 0.760. The molecule has 21 heavy (non-hydrogen) atoms. The number of aryl methyl sites for hydroxylation is 1. The number of benzene rings is 1. The zero-order valence-corrected chi connectivity index (χ0v) is 13.4. The molecule has 2 aromatic rings. The fourth-order valence-electron chi connectivity index (χ4n) is 2.09. The van der Waals surface area contributed by atoms with E-state index in [1.165, 1.54) is 12.1 Å². The molecule has 1 aromatic heterocycles. The minimum atomic E-state index is -0.187. The van der Waals surface area contributed by atoms with E-state index in [1.807, 2.05) is 30.1 Å². The molecule has 0 aliphatic heterocycles. The van der Waals surface area contributed by atoms with Crippen molar-refractivity contribution in [3.05, 3.63) is 48.0 Å². The third-order valence-corrected chi connectivity index (χ3v) is 4.35. The fraction of sp³-hybridized carbons (Fsp3) is 0.438. The molecule has 1 N–H and O–H groups in total. The van der Waals surface area contributed by atoms with E-state index < -0.39 is 0 Å². The molecule has 0 amide bonds. The lowest BCUT2D eigenvalue weighted by molar-refractivity contribution is 0.541. The molecule has 1 aromatic carbocycles. The average Bonchev–Trinajstić information content (AvgIpc) is 2.89. The molecule has 0 aliphatic rings. The summed E-state index contributed by atoms with van der Waals surface area (Å²) in [5, 5.41) is 8.01. The molecule has 0 bridgehead atoms. The van der Waals surface area contributed by atoms with Gasteiger partial charge < -0.3 is 5.32 Å². The van der Waals surface area contributed by atoms with E-state index >= 15 is 0 Å². The molecule has 3 nitrogen and oxygen atoms in total. The summed E-state index contributed by atoms with van der Waals surface area (Å²) in [5.41, 5.74) is 1.10. The molecule has 5 heteroatoms. The van der Waals surface area contributed by atoms with E-state index in [-0.39, 0.29) is 5.82 Å². The normalized spacial score (nSPS) is 12.5.